The van der Waals surface area contributed by atoms with Crippen LogP contribution in [0.1, 0.15) is 10.4 Å². The first-order chi connectivity index (χ1) is 11.4. The van der Waals surface area contributed by atoms with Crippen molar-refractivity contribution in [2.75, 3.05) is 18.2 Å². The van der Waals surface area contributed by atoms with Crippen LogP contribution < -0.4 is 5.32 Å². The van der Waals surface area contributed by atoms with Gasteiger partial charge in [0.25, 0.3) is 5.91 Å². The highest BCUT2D eigenvalue weighted by Crippen LogP contribution is 2.23. The zero-order valence-electron chi connectivity index (χ0n) is 12.4. The Morgan fingerprint density at radius 1 is 1.17 bits per heavy atom. The molecule has 0 radical (unpaired) electrons. The Labute approximate surface area is 146 Å². The standard InChI is InChI=1S/C16H12ClF2NO3S/c1-24-10-3-4-12(17)11(7-10)16(22)23-8-15(21)20-9-2-5-13(18)14(19)6-9/h2-7H,8H2,1H3,(H,20,21). The number of rotatable bonds is 5. The van der Waals surface area contributed by atoms with E-state index in [2.05, 4.69) is 5.32 Å². The van der Waals surface area contributed by atoms with Crippen LogP contribution in [0.2, 0.25) is 5.02 Å². The van der Waals surface area contributed by atoms with Crippen molar-refractivity contribution >= 4 is 40.9 Å². The van der Waals surface area contributed by atoms with Gasteiger partial charge in [0.15, 0.2) is 18.2 Å². The molecule has 0 aliphatic heterocycles. The number of nitrogens with one attached hydrogen (secondary N) is 1. The van der Waals surface area contributed by atoms with Crippen LogP contribution in [0.25, 0.3) is 0 Å². The Kier molecular flexibility index (Phi) is 6.16. The van der Waals surface area contributed by atoms with Crippen molar-refractivity contribution in [1.82, 2.24) is 0 Å². The average Bonchev–Trinajstić information content (AvgIpc) is 2.56. The fourth-order valence-corrected chi connectivity index (χ4v) is 2.40. The Morgan fingerprint density at radius 2 is 1.92 bits per heavy atom. The second-order valence-corrected chi connectivity index (χ2v) is 5.89. The van der Waals surface area contributed by atoms with Crippen LogP contribution in [0.15, 0.2) is 41.3 Å². The minimum absolute atomic E-state index is 0.0531. The second kappa shape index (κ2) is 8.12. The van der Waals surface area contributed by atoms with Gasteiger partial charge in [-0.25, -0.2) is 13.6 Å². The van der Waals surface area contributed by atoms with Crippen LogP contribution in [0.3, 0.4) is 0 Å². The molecule has 0 saturated carbocycles. The summed E-state index contributed by atoms with van der Waals surface area (Å²) in [6.07, 6.45) is 1.84. The molecular formula is C16H12ClF2NO3S. The van der Waals surface area contributed by atoms with Gasteiger partial charge in [-0.05, 0) is 36.6 Å². The van der Waals surface area contributed by atoms with Crippen LogP contribution in [0, 0.1) is 11.6 Å². The minimum Gasteiger partial charge on any atom is -0.452 e. The number of benzene rings is 2. The molecule has 126 valence electrons. The summed E-state index contributed by atoms with van der Waals surface area (Å²) in [5, 5.41) is 2.50. The third-order valence-corrected chi connectivity index (χ3v) is 3.99. The second-order valence-electron chi connectivity index (χ2n) is 4.60. The van der Waals surface area contributed by atoms with E-state index in [0.29, 0.717) is 0 Å². The fourth-order valence-electron chi connectivity index (χ4n) is 1.77. The molecular weight excluding hydrogens is 360 g/mol. The van der Waals surface area contributed by atoms with Gasteiger partial charge in [0.2, 0.25) is 0 Å². The average molecular weight is 372 g/mol. The molecule has 8 heteroatoms. The van der Waals surface area contributed by atoms with Crippen molar-refractivity contribution in [2.24, 2.45) is 0 Å². The summed E-state index contributed by atoms with van der Waals surface area (Å²) in [4.78, 5) is 24.5. The fraction of sp³-hybridized carbons (Fsp3) is 0.125. The van der Waals surface area contributed by atoms with Gasteiger partial charge < -0.3 is 10.1 Å². The molecule has 0 saturated heterocycles. The van der Waals surface area contributed by atoms with Crippen LogP contribution in [0.4, 0.5) is 14.5 Å². The van der Waals surface area contributed by atoms with Crippen LogP contribution in [-0.4, -0.2) is 24.7 Å². The lowest BCUT2D eigenvalue weighted by molar-refractivity contribution is -0.119. The molecule has 24 heavy (non-hydrogen) atoms. The van der Waals surface area contributed by atoms with E-state index in [0.717, 1.165) is 17.0 Å². The van der Waals surface area contributed by atoms with Crippen LogP contribution in [0.5, 0.6) is 0 Å². The molecule has 1 N–H and O–H groups in total. The van der Waals surface area contributed by atoms with E-state index in [9.17, 15) is 18.4 Å². The number of hydrogen-bond donors (Lipinski definition) is 1. The summed E-state index contributed by atoms with van der Waals surface area (Å²) < 4.78 is 30.7. The van der Waals surface area contributed by atoms with Crippen molar-refractivity contribution in [3.63, 3.8) is 0 Å². The number of amides is 1. The quantitative estimate of drug-likeness (QED) is 0.634. The predicted molar refractivity (Wildman–Crippen MR) is 88.5 cm³/mol. The predicted octanol–water partition coefficient (Wildman–Crippen LogP) is 4.14. The molecule has 0 atom stereocenters. The maximum Gasteiger partial charge on any atom is 0.340 e. The lowest BCUT2D eigenvalue weighted by Crippen LogP contribution is -2.21. The third-order valence-electron chi connectivity index (χ3n) is 2.93. The number of halogens is 3. The topological polar surface area (TPSA) is 55.4 Å². The summed E-state index contributed by atoms with van der Waals surface area (Å²) in [6.45, 7) is -0.586. The lowest BCUT2D eigenvalue weighted by atomic mass is 10.2. The van der Waals surface area contributed by atoms with E-state index in [1.807, 2.05) is 6.26 Å². The van der Waals surface area contributed by atoms with E-state index >= 15 is 0 Å². The number of ether oxygens (including phenoxy) is 1. The zero-order valence-corrected chi connectivity index (χ0v) is 14.0. The number of thioether (sulfide) groups is 1. The summed E-state index contributed by atoms with van der Waals surface area (Å²) in [6, 6.07) is 7.77. The smallest absolute Gasteiger partial charge is 0.340 e. The van der Waals surface area contributed by atoms with Gasteiger partial charge in [-0.1, -0.05) is 11.6 Å². The highest BCUT2D eigenvalue weighted by Gasteiger charge is 2.15. The summed E-state index contributed by atoms with van der Waals surface area (Å²) in [7, 11) is 0. The van der Waals surface area contributed by atoms with Crippen LogP contribution >= 0.6 is 23.4 Å². The molecule has 0 fully saturated rings. The SMILES string of the molecule is CSc1ccc(Cl)c(C(=O)OCC(=O)Nc2ccc(F)c(F)c2)c1. The van der Waals surface area contributed by atoms with Crippen molar-refractivity contribution in [3.05, 3.63) is 58.6 Å². The Hall–Kier alpha value is -2.12. The molecule has 2 rings (SSSR count). The van der Waals surface area contributed by atoms with Gasteiger partial charge in [0, 0.05) is 16.6 Å². The number of carbonyl (C=O) groups excluding carboxylic acids is 2. The number of anilines is 1. The van der Waals surface area contributed by atoms with Crippen molar-refractivity contribution in [3.8, 4) is 0 Å². The van der Waals surface area contributed by atoms with Crippen molar-refractivity contribution in [2.45, 2.75) is 4.90 Å². The van der Waals surface area contributed by atoms with Gasteiger partial charge in [-0.2, -0.15) is 0 Å². The Morgan fingerprint density at radius 3 is 2.58 bits per heavy atom. The van der Waals surface area contributed by atoms with Crippen molar-refractivity contribution in [1.29, 1.82) is 0 Å². The zero-order chi connectivity index (χ0) is 17.7. The molecule has 2 aromatic carbocycles. The molecule has 1 amide bonds. The highest BCUT2D eigenvalue weighted by atomic mass is 35.5. The lowest BCUT2D eigenvalue weighted by Gasteiger charge is -2.08. The van der Waals surface area contributed by atoms with Gasteiger partial charge >= 0.3 is 5.97 Å². The first-order valence-electron chi connectivity index (χ1n) is 6.66. The molecule has 0 unspecified atom stereocenters. The highest BCUT2D eigenvalue weighted by molar-refractivity contribution is 7.98. The number of esters is 1. The van der Waals surface area contributed by atoms with Gasteiger partial charge in [0.05, 0.1) is 10.6 Å². The third kappa shape index (κ3) is 4.69. The van der Waals surface area contributed by atoms with Crippen LogP contribution in [-0.2, 0) is 9.53 Å². The Bertz CT molecular complexity index is 786. The maximum absolute atomic E-state index is 13.1. The first-order valence-corrected chi connectivity index (χ1v) is 8.26. The van der Waals surface area contributed by atoms with E-state index in [-0.39, 0.29) is 16.3 Å². The van der Waals surface area contributed by atoms with E-state index in [4.69, 9.17) is 16.3 Å². The Balaban J connectivity index is 1.96. The normalized spacial score (nSPS) is 10.3. The molecule has 0 aromatic heterocycles. The van der Waals surface area contributed by atoms with Gasteiger partial charge in [-0.15, -0.1) is 11.8 Å². The molecule has 2 aromatic rings. The van der Waals surface area contributed by atoms with E-state index in [1.165, 1.54) is 17.8 Å². The first kappa shape index (κ1) is 18.2. The van der Waals surface area contributed by atoms with Gasteiger partial charge in [0.1, 0.15) is 0 Å². The van der Waals surface area contributed by atoms with E-state index < -0.39 is 30.1 Å². The molecule has 0 spiro atoms. The maximum atomic E-state index is 13.1. The van der Waals surface area contributed by atoms with Crippen molar-refractivity contribution < 1.29 is 23.1 Å². The molecule has 4 nitrogen and oxygen atoms in total. The van der Waals surface area contributed by atoms with E-state index in [1.54, 1.807) is 18.2 Å². The molecule has 0 aliphatic rings. The monoisotopic (exact) mass is 371 g/mol. The molecule has 0 aliphatic carbocycles. The van der Waals surface area contributed by atoms with Gasteiger partial charge in [-0.3, -0.25) is 4.79 Å². The molecule has 0 bridgehead atoms. The minimum atomic E-state index is -1.09. The summed E-state index contributed by atoms with van der Waals surface area (Å²) in [5.74, 6) is -3.56. The largest absolute Gasteiger partial charge is 0.452 e. The number of carbonyl (C=O) groups is 2. The summed E-state index contributed by atoms with van der Waals surface area (Å²) >= 11 is 7.36. The number of hydrogen-bond acceptors (Lipinski definition) is 4. The summed E-state index contributed by atoms with van der Waals surface area (Å²) in [5.41, 5.74) is 0.196. The molecule has 0 heterocycles.